The van der Waals surface area contributed by atoms with Crippen molar-refractivity contribution in [3.05, 3.63) is 57.5 Å². The quantitative estimate of drug-likeness (QED) is 0.713. The van der Waals surface area contributed by atoms with Crippen LogP contribution in [0.25, 0.3) is 0 Å². The Bertz CT molecular complexity index is 801. The lowest BCUT2D eigenvalue weighted by Gasteiger charge is -2.08. The lowest BCUT2D eigenvalue weighted by atomic mass is 10.1. The van der Waals surface area contributed by atoms with Crippen LogP contribution in [-0.2, 0) is 9.84 Å². The summed E-state index contributed by atoms with van der Waals surface area (Å²) in [5, 5.41) is 0.398. The second-order valence-corrected chi connectivity index (χ2v) is 7.92. The number of sulfone groups is 1. The molecule has 0 spiro atoms. The Morgan fingerprint density at radius 1 is 1.18 bits per heavy atom. The Balaban J connectivity index is 2.06. The zero-order valence-electron chi connectivity index (χ0n) is 11.5. The highest BCUT2D eigenvalue weighted by Gasteiger charge is 2.11. The van der Waals surface area contributed by atoms with E-state index in [0.29, 0.717) is 16.3 Å². The standard InChI is InChI=1S/C15H12BrClO4S/c1-22(19,20)12-5-2-10(3-6-12)14(18)9-21-15-7-4-11(16)8-13(15)17/h2-8H,9H2,1H3. The first-order valence-corrected chi connectivity index (χ1v) is 9.25. The van der Waals surface area contributed by atoms with E-state index in [9.17, 15) is 13.2 Å². The van der Waals surface area contributed by atoms with Crippen molar-refractivity contribution in [3.8, 4) is 5.75 Å². The highest BCUT2D eigenvalue weighted by atomic mass is 79.9. The van der Waals surface area contributed by atoms with E-state index < -0.39 is 9.84 Å². The minimum Gasteiger partial charge on any atom is -0.484 e. The molecule has 0 heterocycles. The summed E-state index contributed by atoms with van der Waals surface area (Å²) in [4.78, 5) is 12.2. The molecule has 0 aliphatic rings. The lowest BCUT2D eigenvalue weighted by Crippen LogP contribution is -2.12. The van der Waals surface area contributed by atoms with Crippen molar-refractivity contribution in [2.75, 3.05) is 12.9 Å². The van der Waals surface area contributed by atoms with Crippen LogP contribution >= 0.6 is 27.5 Å². The summed E-state index contributed by atoms with van der Waals surface area (Å²) < 4.78 is 28.9. The first-order chi connectivity index (χ1) is 10.3. The summed E-state index contributed by atoms with van der Waals surface area (Å²) in [6, 6.07) is 10.8. The molecule has 0 amide bonds. The van der Waals surface area contributed by atoms with Gasteiger partial charge in [0.15, 0.2) is 22.2 Å². The summed E-state index contributed by atoms with van der Waals surface area (Å²) in [5.41, 5.74) is 0.376. The molecule has 22 heavy (non-hydrogen) atoms. The molecule has 0 aliphatic carbocycles. The van der Waals surface area contributed by atoms with Gasteiger partial charge in [-0.15, -0.1) is 0 Å². The third kappa shape index (κ3) is 4.32. The van der Waals surface area contributed by atoms with Crippen molar-refractivity contribution < 1.29 is 17.9 Å². The Kier molecular flexibility index (Phi) is 5.26. The number of carbonyl (C=O) groups excluding carboxylic acids is 1. The molecule has 0 N–H and O–H groups in total. The number of hydrogen-bond acceptors (Lipinski definition) is 4. The van der Waals surface area contributed by atoms with Crippen LogP contribution in [0.1, 0.15) is 10.4 Å². The van der Waals surface area contributed by atoms with E-state index in [2.05, 4.69) is 15.9 Å². The molecule has 0 fully saturated rings. The number of Topliss-reactive ketones (excluding diaryl/α,β-unsaturated/α-hetero) is 1. The first kappa shape index (κ1) is 17.0. The smallest absolute Gasteiger partial charge is 0.200 e. The van der Waals surface area contributed by atoms with Gasteiger partial charge in [0.2, 0.25) is 0 Å². The topological polar surface area (TPSA) is 60.4 Å². The Morgan fingerprint density at radius 2 is 1.82 bits per heavy atom. The number of rotatable bonds is 5. The number of carbonyl (C=O) groups is 1. The molecular formula is C15H12BrClO4S. The molecule has 0 unspecified atom stereocenters. The third-order valence-electron chi connectivity index (χ3n) is 2.86. The highest BCUT2D eigenvalue weighted by Crippen LogP contribution is 2.27. The average Bonchev–Trinajstić information content (AvgIpc) is 2.45. The second-order valence-electron chi connectivity index (χ2n) is 4.58. The zero-order valence-corrected chi connectivity index (χ0v) is 14.7. The van der Waals surface area contributed by atoms with Crippen LogP contribution < -0.4 is 4.74 Å². The van der Waals surface area contributed by atoms with Crippen LogP contribution in [0.2, 0.25) is 5.02 Å². The van der Waals surface area contributed by atoms with Gasteiger partial charge in [-0.05, 0) is 42.5 Å². The fourth-order valence-corrected chi connectivity index (χ4v) is 3.07. The number of ketones is 1. The summed E-state index contributed by atoms with van der Waals surface area (Å²) in [6.45, 7) is -0.181. The van der Waals surface area contributed by atoms with Crippen molar-refractivity contribution >= 4 is 43.2 Å². The van der Waals surface area contributed by atoms with Crippen LogP contribution in [-0.4, -0.2) is 27.1 Å². The maximum Gasteiger partial charge on any atom is 0.200 e. The largest absolute Gasteiger partial charge is 0.484 e. The molecule has 2 aromatic carbocycles. The monoisotopic (exact) mass is 402 g/mol. The van der Waals surface area contributed by atoms with Crippen LogP contribution in [0.5, 0.6) is 5.75 Å². The zero-order chi connectivity index (χ0) is 16.3. The summed E-state index contributed by atoms with van der Waals surface area (Å²) >= 11 is 9.28. The van der Waals surface area contributed by atoms with Crippen LogP contribution in [0, 0.1) is 0 Å². The van der Waals surface area contributed by atoms with E-state index in [-0.39, 0.29) is 17.3 Å². The van der Waals surface area contributed by atoms with Gasteiger partial charge in [0, 0.05) is 16.3 Å². The van der Waals surface area contributed by atoms with Crippen molar-refractivity contribution in [1.29, 1.82) is 0 Å². The van der Waals surface area contributed by atoms with Crippen molar-refractivity contribution in [1.82, 2.24) is 0 Å². The van der Waals surface area contributed by atoms with E-state index in [1.165, 1.54) is 24.3 Å². The molecular weight excluding hydrogens is 392 g/mol. The molecule has 2 rings (SSSR count). The van der Waals surface area contributed by atoms with E-state index in [4.69, 9.17) is 16.3 Å². The molecule has 0 radical (unpaired) electrons. The molecule has 0 saturated carbocycles. The van der Waals surface area contributed by atoms with Gasteiger partial charge in [0.1, 0.15) is 5.75 Å². The maximum atomic E-state index is 12.0. The number of benzene rings is 2. The molecule has 4 nitrogen and oxygen atoms in total. The normalized spacial score (nSPS) is 11.2. The van der Waals surface area contributed by atoms with E-state index >= 15 is 0 Å². The molecule has 0 atom stereocenters. The summed E-state index contributed by atoms with van der Waals surface area (Å²) in [5.74, 6) is 0.144. The minimum atomic E-state index is -3.27. The van der Waals surface area contributed by atoms with Gasteiger partial charge in [-0.3, -0.25) is 4.79 Å². The van der Waals surface area contributed by atoms with Crippen molar-refractivity contribution in [3.63, 3.8) is 0 Å². The summed E-state index contributed by atoms with van der Waals surface area (Å²) in [7, 11) is -3.27. The summed E-state index contributed by atoms with van der Waals surface area (Å²) in [6.07, 6.45) is 1.11. The van der Waals surface area contributed by atoms with E-state index in [1.807, 2.05) is 0 Å². The van der Waals surface area contributed by atoms with Crippen molar-refractivity contribution in [2.24, 2.45) is 0 Å². The number of hydrogen-bond donors (Lipinski definition) is 0. The SMILES string of the molecule is CS(=O)(=O)c1ccc(C(=O)COc2ccc(Br)cc2Cl)cc1. The third-order valence-corrected chi connectivity index (χ3v) is 4.77. The van der Waals surface area contributed by atoms with Gasteiger partial charge in [-0.25, -0.2) is 8.42 Å². The lowest BCUT2D eigenvalue weighted by molar-refractivity contribution is 0.0921. The average molecular weight is 404 g/mol. The fraction of sp³-hybridized carbons (Fsp3) is 0.133. The predicted molar refractivity (Wildman–Crippen MR) is 88.5 cm³/mol. The molecule has 0 aliphatic heterocycles. The Labute approximate surface area is 142 Å². The van der Waals surface area contributed by atoms with E-state index in [1.54, 1.807) is 18.2 Å². The van der Waals surface area contributed by atoms with E-state index in [0.717, 1.165) is 10.7 Å². The van der Waals surface area contributed by atoms with Gasteiger partial charge < -0.3 is 4.74 Å². The predicted octanol–water partition coefficient (Wildman–Crippen LogP) is 3.77. The minimum absolute atomic E-state index is 0.168. The fourth-order valence-electron chi connectivity index (χ4n) is 1.71. The Hall–Kier alpha value is -1.37. The van der Waals surface area contributed by atoms with Crippen LogP contribution in [0.3, 0.4) is 0 Å². The number of halogens is 2. The molecule has 0 saturated heterocycles. The molecule has 2 aromatic rings. The molecule has 116 valence electrons. The van der Waals surface area contributed by atoms with Gasteiger partial charge in [-0.1, -0.05) is 27.5 Å². The molecule has 7 heteroatoms. The highest BCUT2D eigenvalue weighted by molar-refractivity contribution is 9.10. The van der Waals surface area contributed by atoms with Gasteiger partial charge in [0.05, 0.1) is 9.92 Å². The first-order valence-electron chi connectivity index (χ1n) is 6.18. The maximum absolute atomic E-state index is 12.0. The molecule has 0 aromatic heterocycles. The molecule has 0 bridgehead atoms. The van der Waals surface area contributed by atoms with Gasteiger partial charge in [-0.2, -0.15) is 0 Å². The number of ether oxygens (including phenoxy) is 1. The van der Waals surface area contributed by atoms with Crippen LogP contribution in [0.15, 0.2) is 51.8 Å². The van der Waals surface area contributed by atoms with Gasteiger partial charge in [0.25, 0.3) is 0 Å². The van der Waals surface area contributed by atoms with Gasteiger partial charge >= 0.3 is 0 Å². The second kappa shape index (κ2) is 6.81. The Morgan fingerprint density at radius 3 is 2.36 bits per heavy atom. The van der Waals surface area contributed by atoms with Crippen molar-refractivity contribution in [2.45, 2.75) is 4.90 Å². The van der Waals surface area contributed by atoms with Crippen LogP contribution in [0.4, 0.5) is 0 Å².